The zero-order valence-electron chi connectivity index (χ0n) is 19.3. The number of nitrogens with one attached hydrogen (secondary N) is 2. The highest BCUT2D eigenvalue weighted by Crippen LogP contribution is 2.39. The molecule has 0 aliphatic carbocycles. The van der Waals surface area contributed by atoms with Gasteiger partial charge in [0.15, 0.2) is 6.23 Å². The molecule has 0 aromatic carbocycles. The molecule has 5 heterocycles. The van der Waals surface area contributed by atoms with Gasteiger partial charge < -0.3 is 35.2 Å². The topological polar surface area (TPSA) is 92.7 Å². The van der Waals surface area contributed by atoms with Gasteiger partial charge in [-0.3, -0.25) is 9.80 Å². The lowest BCUT2D eigenvalue weighted by molar-refractivity contribution is -0.121. The molecule has 0 spiro atoms. The van der Waals surface area contributed by atoms with Gasteiger partial charge in [0.1, 0.15) is 23.6 Å². The van der Waals surface area contributed by atoms with E-state index in [-0.39, 0.29) is 6.10 Å². The second-order valence-corrected chi connectivity index (χ2v) is 10.3. The number of rotatable bonds is 4. The Bertz CT molecular complexity index is 718. The molecule has 4 unspecified atom stereocenters. The van der Waals surface area contributed by atoms with Gasteiger partial charge in [0.2, 0.25) is 0 Å². The smallest absolute Gasteiger partial charge is 0.161 e. The van der Waals surface area contributed by atoms with Gasteiger partial charge in [-0.05, 0) is 46.2 Å². The molecule has 5 rings (SSSR count). The quantitative estimate of drug-likeness (QED) is 0.461. The van der Waals surface area contributed by atoms with E-state index in [1.165, 1.54) is 5.57 Å². The number of nitrogens with zero attached hydrogens (tertiary/aromatic N) is 3. The van der Waals surface area contributed by atoms with Gasteiger partial charge in [-0.1, -0.05) is 0 Å². The molecular formula is C22H39N5O4. The van der Waals surface area contributed by atoms with E-state index in [4.69, 9.17) is 9.47 Å². The Balaban J connectivity index is 1.22. The Hall–Kier alpha value is -0.940. The van der Waals surface area contributed by atoms with E-state index < -0.39 is 24.0 Å². The number of aliphatic hydroxyl groups excluding tert-OH is 1. The van der Waals surface area contributed by atoms with Gasteiger partial charge in [-0.2, -0.15) is 0 Å². The average molecular weight is 438 g/mol. The maximum atomic E-state index is 11.1. The van der Waals surface area contributed by atoms with Crippen molar-refractivity contribution in [2.24, 2.45) is 0 Å². The zero-order valence-corrected chi connectivity index (χ0v) is 19.3. The summed E-state index contributed by atoms with van der Waals surface area (Å²) in [6.45, 7) is 10.0. The van der Waals surface area contributed by atoms with E-state index in [1.807, 2.05) is 0 Å². The monoisotopic (exact) mass is 437 g/mol. The van der Waals surface area contributed by atoms with Crippen molar-refractivity contribution in [3.05, 3.63) is 11.4 Å². The zero-order chi connectivity index (χ0) is 21.9. The predicted molar refractivity (Wildman–Crippen MR) is 116 cm³/mol. The van der Waals surface area contributed by atoms with Crippen molar-refractivity contribution >= 4 is 0 Å². The molecule has 5 aliphatic rings. The normalized spacial score (nSPS) is 46.4. The Morgan fingerprint density at radius 2 is 2.10 bits per heavy atom. The highest BCUT2D eigenvalue weighted by Gasteiger charge is 2.55. The maximum absolute atomic E-state index is 11.1. The van der Waals surface area contributed by atoms with E-state index in [1.54, 1.807) is 6.92 Å². The van der Waals surface area contributed by atoms with Crippen LogP contribution in [0.2, 0.25) is 0 Å². The van der Waals surface area contributed by atoms with Crippen LogP contribution in [0.1, 0.15) is 40.0 Å². The van der Waals surface area contributed by atoms with Crippen LogP contribution in [0.15, 0.2) is 11.4 Å². The van der Waals surface area contributed by atoms with Gasteiger partial charge in [0.25, 0.3) is 0 Å². The molecule has 3 fully saturated rings. The first-order valence-corrected chi connectivity index (χ1v) is 11.9. The molecule has 0 amide bonds. The fourth-order valence-electron chi connectivity index (χ4n) is 5.92. The predicted octanol–water partition coefficient (Wildman–Crippen LogP) is -0.580. The Labute approximate surface area is 185 Å². The first kappa shape index (κ1) is 21.9. The van der Waals surface area contributed by atoms with Crippen LogP contribution in [-0.4, -0.2) is 113 Å². The van der Waals surface area contributed by atoms with Gasteiger partial charge in [-0.15, -0.1) is 0 Å². The Kier molecular flexibility index (Phi) is 5.74. The molecule has 0 radical (unpaired) electrons. The van der Waals surface area contributed by atoms with Crippen LogP contribution < -0.4 is 10.6 Å². The third-order valence-electron chi connectivity index (χ3n) is 8.30. The first-order chi connectivity index (χ1) is 14.8. The van der Waals surface area contributed by atoms with Crippen LogP contribution in [0.3, 0.4) is 0 Å². The Morgan fingerprint density at radius 1 is 1.29 bits per heavy atom. The maximum Gasteiger partial charge on any atom is 0.161 e. The minimum atomic E-state index is -1.36. The number of hydrogen-bond acceptors (Lipinski definition) is 9. The number of fused-ring (bicyclic) bond motifs is 1. The van der Waals surface area contributed by atoms with Gasteiger partial charge in [0.05, 0.1) is 25.5 Å². The van der Waals surface area contributed by atoms with Crippen molar-refractivity contribution in [3.8, 4) is 0 Å². The molecule has 176 valence electrons. The van der Waals surface area contributed by atoms with E-state index in [0.29, 0.717) is 24.9 Å². The number of ether oxygens (including phenoxy) is 2. The summed E-state index contributed by atoms with van der Waals surface area (Å²) in [4.78, 5) is 6.88. The van der Waals surface area contributed by atoms with Crippen LogP contribution in [0, 0.1) is 0 Å². The Morgan fingerprint density at radius 3 is 2.90 bits per heavy atom. The second kappa shape index (κ2) is 8.13. The largest absolute Gasteiger partial charge is 0.385 e. The van der Waals surface area contributed by atoms with E-state index >= 15 is 0 Å². The minimum Gasteiger partial charge on any atom is -0.385 e. The highest BCUT2D eigenvalue weighted by atomic mass is 16.6. The lowest BCUT2D eigenvalue weighted by Gasteiger charge is -2.37. The molecule has 4 N–H and O–H groups in total. The average Bonchev–Trinajstić information content (AvgIpc) is 3.39. The molecule has 0 bridgehead atoms. The lowest BCUT2D eigenvalue weighted by Crippen LogP contribution is -2.52. The molecule has 31 heavy (non-hydrogen) atoms. The fourth-order valence-corrected chi connectivity index (χ4v) is 5.92. The first-order valence-electron chi connectivity index (χ1n) is 11.9. The van der Waals surface area contributed by atoms with Crippen LogP contribution in [0.4, 0.5) is 0 Å². The molecule has 5 aliphatic heterocycles. The number of hydrogen-bond donors (Lipinski definition) is 4. The molecule has 0 saturated carbocycles. The summed E-state index contributed by atoms with van der Waals surface area (Å²) in [6.07, 6.45) is 1.27. The third-order valence-corrected chi connectivity index (χ3v) is 8.30. The van der Waals surface area contributed by atoms with Crippen molar-refractivity contribution in [2.45, 2.75) is 88.4 Å². The van der Waals surface area contributed by atoms with Crippen molar-refractivity contribution in [2.75, 3.05) is 40.0 Å². The number of likely N-dealkylation sites (N-methyl/N-ethyl adjacent to an activating group) is 1. The van der Waals surface area contributed by atoms with Crippen LogP contribution in [0.5, 0.6) is 0 Å². The standard InChI is InChI=1S/C22H39N5O4/c1-13-10-23-18-9-15(5-7-26(13)18)30-11-17-22(3,29)19(28)21(31-17)27-8-6-16-14(2)25(4)12-24-20(16)27/h13-15,17-19,21,23-24,28-29H,5-12H2,1-4H3/t13?,14?,15?,17-,18?,19+,21-,22-/m1/s1. The molecular weight excluding hydrogens is 398 g/mol. The van der Waals surface area contributed by atoms with E-state index in [0.717, 1.165) is 51.4 Å². The number of piperidine rings is 1. The van der Waals surface area contributed by atoms with Crippen molar-refractivity contribution < 1.29 is 19.7 Å². The van der Waals surface area contributed by atoms with Gasteiger partial charge >= 0.3 is 0 Å². The van der Waals surface area contributed by atoms with Crippen LogP contribution in [-0.2, 0) is 9.47 Å². The molecule has 9 heteroatoms. The summed E-state index contributed by atoms with van der Waals surface area (Å²) >= 11 is 0. The summed E-state index contributed by atoms with van der Waals surface area (Å²) in [5.74, 6) is 1.06. The van der Waals surface area contributed by atoms with E-state index in [9.17, 15) is 10.2 Å². The van der Waals surface area contributed by atoms with Crippen LogP contribution >= 0.6 is 0 Å². The van der Waals surface area contributed by atoms with Crippen molar-refractivity contribution in [1.82, 2.24) is 25.3 Å². The molecule has 9 nitrogen and oxygen atoms in total. The van der Waals surface area contributed by atoms with E-state index in [2.05, 4.69) is 46.2 Å². The third kappa shape index (κ3) is 3.68. The molecule has 8 atom stereocenters. The lowest BCUT2D eigenvalue weighted by atomic mass is 9.94. The summed E-state index contributed by atoms with van der Waals surface area (Å²) in [5, 5.41) is 29.2. The van der Waals surface area contributed by atoms with Crippen LogP contribution in [0.25, 0.3) is 0 Å². The van der Waals surface area contributed by atoms with Crippen molar-refractivity contribution in [3.63, 3.8) is 0 Å². The summed E-state index contributed by atoms with van der Waals surface area (Å²) in [6, 6.07) is 0.938. The highest BCUT2D eigenvalue weighted by molar-refractivity contribution is 5.26. The fraction of sp³-hybridized carbons (Fsp3) is 0.909. The summed E-state index contributed by atoms with van der Waals surface area (Å²) in [5.41, 5.74) is -0.0137. The molecule has 3 saturated heterocycles. The van der Waals surface area contributed by atoms with Crippen molar-refractivity contribution in [1.29, 1.82) is 0 Å². The SMILES string of the molecule is CC1C2=C(NCN1C)N([C@@H]1O[C@H](COC3CCN4C(C)CNC4C3)[C@@](C)(O)[C@H]1O)CC2. The van der Waals surface area contributed by atoms with Gasteiger partial charge in [-0.25, -0.2) is 0 Å². The van der Waals surface area contributed by atoms with Gasteiger partial charge in [0, 0.05) is 38.1 Å². The molecule has 0 aromatic rings. The molecule has 0 aromatic heterocycles. The second-order valence-electron chi connectivity index (χ2n) is 10.3. The number of aliphatic hydroxyl groups is 2. The summed E-state index contributed by atoms with van der Waals surface area (Å²) < 4.78 is 12.5. The minimum absolute atomic E-state index is 0.145. The summed E-state index contributed by atoms with van der Waals surface area (Å²) in [7, 11) is 2.11.